The van der Waals surface area contributed by atoms with Gasteiger partial charge in [0.25, 0.3) is 0 Å². The van der Waals surface area contributed by atoms with E-state index in [-0.39, 0.29) is 6.04 Å². The number of hydrogen-bond acceptors (Lipinski definition) is 6. The van der Waals surface area contributed by atoms with Crippen molar-refractivity contribution in [2.45, 2.75) is 38.1 Å². The van der Waals surface area contributed by atoms with E-state index in [2.05, 4.69) is 43.3 Å². The third-order valence-electron chi connectivity index (χ3n) is 5.54. The molecule has 1 unspecified atom stereocenters. The highest BCUT2D eigenvalue weighted by Gasteiger charge is 2.36. The number of nitrogens with zero attached hydrogens (tertiary/aromatic N) is 6. The van der Waals surface area contributed by atoms with Crippen LogP contribution in [0.3, 0.4) is 0 Å². The molecule has 0 bridgehead atoms. The second kappa shape index (κ2) is 5.42. The van der Waals surface area contributed by atoms with Crippen LogP contribution in [0.4, 0.5) is 6.01 Å². The second-order valence-corrected chi connectivity index (χ2v) is 7.35. The van der Waals surface area contributed by atoms with Crippen LogP contribution in [0, 0.1) is 6.92 Å². The molecule has 136 valence electrons. The first kappa shape index (κ1) is 15.0. The fourth-order valence-electron chi connectivity index (χ4n) is 4.11. The highest BCUT2D eigenvalue weighted by Crippen LogP contribution is 2.43. The van der Waals surface area contributed by atoms with Gasteiger partial charge in [-0.1, -0.05) is 11.2 Å². The molecule has 1 atom stereocenters. The molecule has 2 aliphatic rings. The highest BCUT2D eigenvalue weighted by atomic mass is 16.4. The first-order chi connectivity index (χ1) is 13.3. The number of fused-ring (bicyclic) bond motifs is 2. The van der Waals surface area contributed by atoms with E-state index in [0.29, 0.717) is 17.8 Å². The number of aromatic amines is 1. The molecule has 4 aromatic rings. The van der Waals surface area contributed by atoms with E-state index in [1.54, 1.807) is 6.33 Å². The number of nitrogens with one attached hydrogen (secondary N) is 1. The van der Waals surface area contributed by atoms with Gasteiger partial charge in [-0.05, 0) is 36.5 Å². The molecule has 0 saturated heterocycles. The van der Waals surface area contributed by atoms with Crippen LogP contribution in [0.15, 0.2) is 35.1 Å². The van der Waals surface area contributed by atoms with Gasteiger partial charge in [-0.15, -0.1) is 5.10 Å². The fourth-order valence-corrected chi connectivity index (χ4v) is 4.11. The van der Waals surface area contributed by atoms with E-state index >= 15 is 0 Å². The van der Waals surface area contributed by atoms with Gasteiger partial charge in [0.15, 0.2) is 0 Å². The number of anilines is 1. The molecule has 0 spiro atoms. The van der Waals surface area contributed by atoms with Gasteiger partial charge in [0.2, 0.25) is 5.89 Å². The molecule has 0 aromatic carbocycles. The lowest BCUT2D eigenvalue weighted by Crippen LogP contribution is -2.36. The van der Waals surface area contributed by atoms with Gasteiger partial charge in [0.05, 0.1) is 23.2 Å². The Bertz CT molecular complexity index is 1140. The number of pyridine rings is 1. The van der Waals surface area contributed by atoms with Crippen molar-refractivity contribution >= 4 is 11.5 Å². The predicted molar refractivity (Wildman–Crippen MR) is 97.7 cm³/mol. The molecule has 1 aliphatic heterocycles. The normalized spacial score (nSPS) is 19.6. The zero-order valence-electron chi connectivity index (χ0n) is 15.0. The molecular weight excluding hydrogens is 342 g/mol. The summed E-state index contributed by atoms with van der Waals surface area (Å²) in [6, 6.07) is 6.87. The van der Waals surface area contributed by atoms with Crippen molar-refractivity contribution in [3.8, 4) is 0 Å². The summed E-state index contributed by atoms with van der Waals surface area (Å²) in [4.78, 5) is 9.98. The minimum absolute atomic E-state index is 0.146. The molecule has 6 rings (SSSR count). The van der Waals surface area contributed by atoms with Gasteiger partial charge in [0.1, 0.15) is 6.04 Å². The second-order valence-electron chi connectivity index (χ2n) is 7.35. The lowest BCUT2D eigenvalue weighted by molar-refractivity contribution is 0.477. The Kier molecular flexibility index (Phi) is 3.00. The van der Waals surface area contributed by atoms with E-state index in [0.717, 1.165) is 30.0 Å². The number of aromatic nitrogens is 6. The largest absolute Gasteiger partial charge is 0.408 e. The molecule has 27 heavy (non-hydrogen) atoms. The van der Waals surface area contributed by atoms with Gasteiger partial charge in [-0.2, -0.15) is 5.10 Å². The number of rotatable bonds is 3. The Hall–Kier alpha value is -3.16. The van der Waals surface area contributed by atoms with E-state index in [1.165, 1.54) is 23.9 Å². The highest BCUT2D eigenvalue weighted by molar-refractivity contribution is 5.59. The Morgan fingerprint density at radius 1 is 1.26 bits per heavy atom. The number of hydrogen-bond donors (Lipinski definition) is 1. The Balaban J connectivity index is 1.52. The third kappa shape index (κ3) is 2.29. The summed E-state index contributed by atoms with van der Waals surface area (Å²) in [5, 5.41) is 13.2. The summed E-state index contributed by atoms with van der Waals surface area (Å²) in [6.07, 6.45) is 7.15. The van der Waals surface area contributed by atoms with Crippen molar-refractivity contribution in [3.63, 3.8) is 0 Å². The summed E-state index contributed by atoms with van der Waals surface area (Å²) >= 11 is 0. The monoisotopic (exact) mass is 361 g/mol. The van der Waals surface area contributed by atoms with Crippen LogP contribution in [0.25, 0.3) is 5.52 Å². The van der Waals surface area contributed by atoms with Crippen LogP contribution in [-0.4, -0.2) is 36.3 Å². The minimum Gasteiger partial charge on any atom is -0.408 e. The van der Waals surface area contributed by atoms with Crippen LogP contribution in [0.5, 0.6) is 0 Å². The standard InChI is InChI=1S/C19H19N7O/c1-11-22-23-19(27-11)25-8-6-14-17(21-10-20-14)18(25)15-9-16-13(12-4-5-12)3-2-7-26(16)24-15/h2-3,7,9-10,12,18H,4-6,8H2,1H3,(H,20,21). The predicted octanol–water partition coefficient (Wildman–Crippen LogP) is 2.78. The number of aryl methyl sites for hydroxylation is 1. The fraction of sp³-hybridized carbons (Fsp3) is 0.368. The van der Waals surface area contributed by atoms with Crippen molar-refractivity contribution in [1.29, 1.82) is 0 Å². The molecule has 4 aromatic heterocycles. The SMILES string of the molecule is Cc1nnc(N2CCc3[nH]cnc3C2c2cc3c(C4CC4)cccn3n2)o1. The summed E-state index contributed by atoms with van der Waals surface area (Å²) < 4.78 is 7.73. The number of imidazole rings is 1. The molecule has 0 radical (unpaired) electrons. The van der Waals surface area contributed by atoms with Crippen molar-refractivity contribution in [3.05, 3.63) is 59.3 Å². The maximum atomic E-state index is 5.74. The summed E-state index contributed by atoms with van der Waals surface area (Å²) in [7, 11) is 0. The quantitative estimate of drug-likeness (QED) is 0.604. The van der Waals surface area contributed by atoms with E-state index in [1.807, 2.05) is 17.6 Å². The lowest BCUT2D eigenvalue weighted by atomic mass is 10.00. The van der Waals surface area contributed by atoms with Crippen molar-refractivity contribution in [1.82, 2.24) is 29.8 Å². The molecule has 1 saturated carbocycles. The maximum absolute atomic E-state index is 5.74. The third-order valence-corrected chi connectivity index (χ3v) is 5.54. The van der Waals surface area contributed by atoms with E-state index in [9.17, 15) is 0 Å². The van der Waals surface area contributed by atoms with Crippen LogP contribution in [-0.2, 0) is 6.42 Å². The first-order valence-electron chi connectivity index (χ1n) is 9.35. The molecular formula is C19H19N7O. The van der Waals surface area contributed by atoms with Crippen LogP contribution in [0.1, 0.15) is 53.3 Å². The molecule has 1 fully saturated rings. The van der Waals surface area contributed by atoms with Gasteiger partial charge >= 0.3 is 6.01 Å². The zero-order valence-corrected chi connectivity index (χ0v) is 15.0. The smallest absolute Gasteiger partial charge is 0.319 e. The van der Waals surface area contributed by atoms with Crippen LogP contribution >= 0.6 is 0 Å². The van der Waals surface area contributed by atoms with Crippen molar-refractivity contribution < 1.29 is 4.42 Å². The van der Waals surface area contributed by atoms with E-state index < -0.39 is 0 Å². The van der Waals surface area contributed by atoms with Crippen LogP contribution in [0.2, 0.25) is 0 Å². The Labute approximate surface area is 155 Å². The average Bonchev–Trinajstić information content (AvgIpc) is 3.07. The molecule has 8 heteroatoms. The van der Waals surface area contributed by atoms with Gasteiger partial charge in [-0.25, -0.2) is 9.50 Å². The van der Waals surface area contributed by atoms with E-state index in [4.69, 9.17) is 9.52 Å². The maximum Gasteiger partial charge on any atom is 0.319 e. The van der Waals surface area contributed by atoms with Gasteiger partial charge in [0, 0.05) is 31.8 Å². The molecule has 1 aliphatic carbocycles. The van der Waals surface area contributed by atoms with Crippen LogP contribution < -0.4 is 4.90 Å². The molecule has 8 nitrogen and oxygen atoms in total. The summed E-state index contributed by atoms with van der Waals surface area (Å²) in [6.45, 7) is 2.58. The topological polar surface area (TPSA) is 88.1 Å². The first-order valence-corrected chi connectivity index (χ1v) is 9.35. The van der Waals surface area contributed by atoms with Gasteiger partial charge in [-0.3, -0.25) is 0 Å². The lowest BCUT2D eigenvalue weighted by Gasteiger charge is -2.32. The van der Waals surface area contributed by atoms with Crippen molar-refractivity contribution in [2.24, 2.45) is 0 Å². The average molecular weight is 361 g/mol. The Morgan fingerprint density at radius 2 is 2.19 bits per heavy atom. The number of H-pyrrole nitrogens is 1. The molecule has 1 N–H and O–H groups in total. The van der Waals surface area contributed by atoms with Crippen molar-refractivity contribution in [2.75, 3.05) is 11.4 Å². The summed E-state index contributed by atoms with van der Waals surface area (Å²) in [5.74, 6) is 1.22. The van der Waals surface area contributed by atoms with Gasteiger partial charge < -0.3 is 14.3 Å². The minimum atomic E-state index is -0.146. The Morgan fingerprint density at radius 3 is 3.00 bits per heavy atom. The zero-order chi connectivity index (χ0) is 18.0. The molecule has 5 heterocycles. The molecule has 0 amide bonds. The summed E-state index contributed by atoms with van der Waals surface area (Å²) in [5.41, 5.74) is 5.64.